The van der Waals surface area contributed by atoms with Gasteiger partial charge in [-0.05, 0) is 114 Å². The number of nitrogens with two attached hydrogens (primary N) is 2. The van der Waals surface area contributed by atoms with E-state index in [-0.39, 0.29) is 53.1 Å². The standard InChI is InChI=1S/C26H31N3O3.C19H24BrN3O3.C7H9BO2/c1-16-6-5-7-17(12-16)18-8-9-21-20(13-18)26(23(30)29(4)24(27)28-26)15-22(32-21)19-10-11-31-25(2,3)14-19;1-18(2)9-11(6-7-25-18)15-10-19(16(24)23(3)17(21)22-19)13-8-12(20)4-5-14(13)26-15;1-6-3-2-4-7(5-6)8(9)10/h5-9,12-13,19,22H,10-11,14-15H2,1-4H3,(H2,27,28);4-5,8,11,15H,6-7,9-10H2,1-3H3,(H2,21,22);2-5,9-10H,1H3. The number of hydrogen-bond donors (Lipinski definition) is 4. The predicted octanol–water partition coefficient (Wildman–Crippen LogP) is 6.46. The maximum atomic E-state index is 13.6. The van der Waals surface area contributed by atoms with Gasteiger partial charge in [0.15, 0.2) is 23.0 Å². The molecule has 6 unspecified atom stereocenters. The Kier molecular flexibility index (Phi) is 13.7. The van der Waals surface area contributed by atoms with Crippen LogP contribution in [-0.4, -0.2) is 101 Å². The summed E-state index contributed by atoms with van der Waals surface area (Å²) in [5, 5.41) is 17.4. The lowest BCUT2D eigenvalue weighted by Gasteiger charge is -2.44. The highest BCUT2D eigenvalue weighted by atomic mass is 79.9. The molecule has 2 saturated heterocycles. The fourth-order valence-corrected chi connectivity index (χ4v) is 11.0. The van der Waals surface area contributed by atoms with E-state index in [0.29, 0.717) is 43.2 Å². The predicted molar refractivity (Wildman–Crippen MR) is 267 cm³/mol. The normalized spacial score (nSPS) is 27.6. The Balaban J connectivity index is 0.000000155. The third kappa shape index (κ3) is 9.80. The number of halogens is 1. The number of nitrogens with zero attached hydrogens (tertiary/aromatic N) is 4. The number of ether oxygens (including phenoxy) is 4. The van der Waals surface area contributed by atoms with Gasteiger partial charge in [0.05, 0.1) is 11.2 Å². The van der Waals surface area contributed by atoms with Crippen LogP contribution in [0.3, 0.4) is 0 Å². The molecule has 16 heteroatoms. The Morgan fingerprint density at radius 3 is 1.56 bits per heavy atom. The van der Waals surface area contributed by atoms with Gasteiger partial charge in [-0.3, -0.25) is 19.4 Å². The third-order valence-corrected chi connectivity index (χ3v) is 14.7. The molecule has 6 aliphatic heterocycles. The molecule has 10 rings (SSSR count). The summed E-state index contributed by atoms with van der Waals surface area (Å²) in [6.45, 7) is 13.8. The summed E-state index contributed by atoms with van der Waals surface area (Å²) in [6.07, 6.45) is 4.37. The fourth-order valence-electron chi connectivity index (χ4n) is 10.7. The quantitative estimate of drug-likeness (QED) is 0.165. The van der Waals surface area contributed by atoms with Crippen molar-refractivity contribution in [3.63, 3.8) is 0 Å². The summed E-state index contributed by atoms with van der Waals surface area (Å²) >= 11 is 3.50. The molecule has 2 fully saturated rings. The van der Waals surface area contributed by atoms with E-state index in [9.17, 15) is 9.59 Å². The van der Waals surface area contributed by atoms with Crippen molar-refractivity contribution in [2.75, 3.05) is 27.3 Å². The second-order valence-electron chi connectivity index (χ2n) is 20.3. The Morgan fingerprint density at radius 1 is 0.647 bits per heavy atom. The first kappa shape index (κ1) is 49.2. The van der Waals surface area contributed by atoms with E-state index < -0.39 is 18.2 Å². The average molecular weight is 992 g/mol. The summed E-state index contributed by atoms with van der Waals surface area (Å²) in [5.74, 6) is 2.38. The molecule has 0 radical (unpaired) electrons. The van der Waals surface area contributed by atoms with Crippen LogP contribution in [0.15, 0.2) is 99.4 Å². The minimum absolute atomic E-state index is 0.0859. The zero-order valence-corrected chi connectivity index (χ0v) is 41.9. The summed E-state index contributed by atoms with van der Waals surface area (Å²) in [6, 6.07) is 27.3. The van der Waals surface area contributed by atoms with Crippen LogP contribution in [0.2, 0.25) is 0 Å². The smallest absolute Gasteiger partial charge is 0.488 e. The van der Waals surface area contributed by atoms with E-state index >= 15 is 0 Å². The van der Waals surface area contributed by atoms with Crippen molar-refractivity contribution in [2.45, 2.75) is 115 Å². The van der Waals surface area contributed by atoms with Crippen LogP contribution >= 0.6 is 15.9 Å². The van der Waals surface area contributed by atoms with Crippen molar-refractivity contribution in [3.05, 3.63) is 112 Å². The van der Waals surface area contributed by atoms with E-state index in [2.05, 4.69) is 85.9 Å². The number of guanidine groups is 2. The Bertz CT molecular complexity index is 2640. The van der Waals surface area contributed by atoms with Crippen molar-refractivity contribution in [1.82, 2.24) is 9.80 Å². The monoisotopic (exact) mass is 990 g/mol. The number of hydrogen-bond acceptors (Lipinski definition) is 12. The fraction of sp³-hybridized carbons (Fsp3) is 0.462. The maximum Gasteiger partial charge on any atom is 0.488 e. The maximum absolute atomic E-state index is 13.6. The van der Waals surface area contributed by atoms with Crippen molar-refractivity contribution in [2.24, 2.45) is 33.3 Å². The van der Waals surface area contributed by atoms with Crippen LogP contribution in [0.5, 0.6) is 11.5 Å². The molecule has 4 aromatic carbocycles. The minimum Gasteiger partial charge on any atom is -0.490 e. The van der Waals surface area contributed by atoms with Gasteiger partial charge in [0, 0.05) is 67.6 Å². The highest BCUT2D eigenvalue weighted by Gasteiger charge is 2.56. The SMILES string of the molecule is CN1C(=O)C2(CC(C3CCOC(C)(C)C3)Oc3ccc(Br)cc32)N=C1N.Cc1cccc(-c2ccc3c(c2)C2(CC(C4CCOC(C)(C)C4)O3)N=C(N)N(C)C2=O)c1.Cc1cccc(B(O)O)c1. The molecule has 0 aliphatic carbocycles. The Hall–Kier alpha value is -5.26. The highest BCUT2D eigenvalue weighted by molar-refractivity contribution is 9.10. The molecule has 6 aliphatic rings. The molecule has 2 amide bonds. The number of rotatable bonds is 4. The molecule has 360 valence electrons. The molecule has 0 aromatic heterocycles. The summed E-state index contributed by atoms with van der Waals surface area (Å²) in [5.41, 5.74) is 16.2. The van der Waals surface area contributed by atoms with Crippen LogP contribution < -0.4 is 26.4 Å². The number of fused-ring (bicyclic) bond motifs is 4. The topological polar surface area (TPSA) is 195 Å². The molecular formula is C52H64BBrN6O8. The van der Waals surface area contributed by atoms with Gasteiger partial charge in [0.1, 0.15) is 23.7 Å². The summed E-state index contributed by atoms with van der Waals surface area (Å²) in [4.78, 5) is 39.1. The van der Waals surface area contributed by atoms with E-state index in [1.807, 2.05) is 43.3 Å². The van der Waals surface area contributed by atoms with Gasteiger partial charge in [0.25, 0.3) is 11.8 Å². The van der Waals surface area contributed by atoms with Gasteiger partial charge < -0.3 is 40.5 Å². The van der Waals surface area contributed by atoms with Crippen LogP contribution in [0.25, 0.3) is 11.1 Å². The van der Waals surface area contributed by atoms with Gasteiger partial charge >= 0.3 is 7.12 Å². The zero-order chi connectivity index (χ0) is 48.9. The van der Waals surface area contributed by atoms with E-state index in [0.717, 1.165) is 63.7 Å². The molecule has 6 heterocycles. The molecular weight excluding hydrogens is 927 g/mol. The highest BCUT2D eigenvalue weighted by Crippen LogP contribution is 2.51. The number of aryl methyl sites for hydroxylation is 2. The van der Waals surface area contributed by atoms with Crippen LogP contribution in [-0.2, 0) is 30.1 Å². The lowest BCUT2D eigenvalue weighted by Crippen LogP contribution is -2.49. The molecule has 4 aromatic rings. The first-order chi connectivity index (χ1) is 32.1. The van der Waals surface area contributed by atoms with Gasteiger partial charge in [-0.1, -0.05) is 81.7 Å². The van der Waals surface area contributed by atoms with Crippen molar-refractivity contribution in [3.8, 4) is 22.6 Å². The Morgan fingerprint density at radius 2 is 1.12 bits per heavy atom. The Labute approximate surface area is 408 Å². The van der Waals surface area contributed by atoms with Crippen LogP contribution in [0, 0.1) is 25.7 Å². The second-order valence-corrected chi connectivity index (χ2v) is 21.3. The minimum atomic E-state index is -1.35. The molecule has 2 spiro atoms. The number of amides is 2. The average Bonchev–Trinajstić information content (AvgIpc) is 3.63. The largest absolute Gasteiger partial charge is 0.490 e. The number of aliphatic imine (C=N–C) groups is 2. The first-order valence-corrected chi connectivity index (χ1v) is 24.2. The van der Waals surface area contributed by atoms with Crippen molar-refractivity contribution in [1.29, 1.82) is 0 Å². The van der Waals surface area contributed by atoms with Gasteiger partial charge in [-0.25, -0.2) is 9.98 Å². The van der Waals surface area contributed by atoms with Gasteiger partial charge in [-0.15, -0.1) is 0 Å². The molecule has 68 heavy (non-hydrogen) atoms. The van der Waals surface area contributed by atoms with E-state index in [4.69, 9.17) is 45.5 Å². The van der Waals surface area contributed by atoms with E-state index in [1.165, 1.54) is 15.4 Å². The molecule has 6 N–H and O–H groups in total. The van der Waals surface area contributed by atoms with Crippen LogP contribution in [0.1, 0.15) is 88.5 Å². The molecule has 14 nitrogen and oxygen atoms in total. The summed E-state index contributed by atoms with van der Waals surface area (Å²) in [7, 11) is 2.03. The zero-order valence-electron chi connectivity index (χ0n) is 40.3. The number of benzene rings is 4. The number of carbonyl (C=O) groups excluding carboxylic acids is 2. The molecule has 0 saturated carbocycles. The van der Waals surface area contributed by atoms with Crippen molar-refractivity contribution >= 4 is 52.2 Å². The molecule has 0 bridgehead atoms. The number of likely N-dealkylation sites (N-methyl/N-ethyl adjacent to an activating group) is 2. The first-order valence-electron chi connectivity index (χ1n) is 23.4. The van der Waals surface area contributed by atoms with Gasteiger partial charge in [-0.2, -0.15) is 0 Å². The second kappa shape index (κ2) is 18.9. The summed E-state index contributed by atoms with van der Waals surface area (Å²) < 4.78 is 25.6. The lowest BCUT2D eigenvalue weighted by molar-refractivity contribution is -0.135. The lowest BCUT2D eigenvalue weighted by atomic mass is 9.74. The number of carbonyl (C=O) groups is 2. The van der Waals surface area contributed by atoms with Crippen molar-refractivity contribution < 1.29 is 38.6 Å². The third-order valence-electron chi connectivity index (χ3n) is 14.2. The molecule has 6 atom stereocenters. The van der Waals surface area contributed by atoms with E-state index in [1.54, 1.807) is 32.3 Å². The van der Waals surface area contributed by atoms with Crippen LogP contribution in [0.4, 0.5) is 0 Å². The van der Waals surface area contributed by atoms with Gasteiger partial charge in [0.2, 0.25) is 0 Å².